The molecule has 1 radical (unpaired) electrons. The summed E-state index contributed by atoms with van der Waals surface area (Å²) in [6.07, 6.45) is 8.43. The molecule has 0 atom stereocenters. The van der Waals surface area contributed by atoms with Crippen LogP contribution in [0.3, 0.4) is 0 Å². The van der Waals surface area contributed by atoms with Gasteiger partial charge in [-0.15, -0.1) is 23.6 Å². The van der Waals surface area contributed by atoms with E-state index in [1.165, 1.54) is 39.2 Å². The Kier molecular flexibility index (Phi) is 10.6. The SMILES string of the molecule is CCC(CC)C(=O)/C=C(\O)C(CC)CC.Cc1c(C)c2c3cc4ccccc4[c-]c3c3ncncc3n2c1C.[Ir]. The number of nitrogens with zero attached hydrogens (tertiary/aromatic N) is 3. The molecule has 0 aliphatic carbocycles. The molecular weight excluding hydrogens is 675 g/mol. The largest absolute Gasteiger partial charge is 0.512 e. The van der Waals surface area contributed by atoms with Gasteiger partial charge in [-0.3, -0.25) is 9.78 Å². The summed E-state index contributed by atoms with van der Waals surface area (Å²) in [5.41, 5.74) is 7.12. The number of hydrogen-bond donors (Lipinski definition) is 1. The number of aliphatic hydroxyl groups excluding tert-OH is 1. The molecule has 0 fully saturated rings. The molecule has 3 heterocycles. The van der Waals surface area contributed by atoms with Gasteiger partial charge in [0.05, 0.1) is 11.3 Å². The summed E-state index contributed by atoms with van der Waals surface area (Å²) in [4.78, 5) is 20.6. The number of benzene rings is 2. The molecule has 3 aromatic heterocycles. The number of aliphatic hydroxyl groups is 1. The third-order valence-corrected chi connectivity index (χ3v) is 8.32. The summed E-state index contributed by atoms with van der Waals surface area (Å²) in [7, 11) is 0. The molecule has 40 heavy (non-hydrogen) atoms. The van der Waals surface area contributed by atoms with Crippen molar-refractivity contribution < 1.29 is 30.0 Å². The van der Waals surface area contributed by atoms with Crippen LogP contribution in [0.5, 0.6) is 0 Å². The molecular formula is C34H40IrN3O2-. The van der Waals surface area contributed by atoms with Crippen molar-refractivity contribution >= 4 is 43.9 Å². The molecule has 0 saturated heterocycles. The summed E-state index contributed by atoms with van der Waals surface area (Å²) in [5, 5.41) is 14.4. The molecule has 6 heteroatoms. The molecule has 213 valence electrons. The molecule has 0 aliphatic heterocycles. The number of carbonyl (C=O) groups is 1. The van der Waals surface area contributed by atoms with Crippen molar-refractivity contribution in [1.82, 2.24) is 14.4 Å². The van der Waals surface area contributed by atoms with Crippen LogP contribution in [0.2, 0.25) is 0 Å². The average Bonchev–Trinajstić information content (AvgIpc) is 3.18. The van der Waals surface area contributed by atoms with Crippen LogP contribution < -0.4 is 0 Å². The molecule has 5 aromatic rings. The van der Waals surface area contributed by atoms with Crippen molar-refractivity contribution in [3.8, 4) is 0 Å². The van der Waals surface area contributed by atoms with E-state index in [0.717, 1.165) is 47.5 Å². The molecule has 0 bridgehead atoms. The van der Waals surface area contributed by atoms with Gasteiger partial charge in [0, 0.05) is 60.9 Å². The average molecular weight is 715 g/mol. The van der Waals surface area contributed by atoms with E-state index in [4.69, 9.17) is 0 Å². The minimum absolute atomic E-state index is 0. The molecule has 2 aromatic carbocycles. The molecule has 0 spiro atoms. The first kappa shape index (κ1) is 31.4. The van der Waals surface area contributed by atoms with Gasteiger partial charge in [0.1, 0.15) is 6.33 Å². The van der Waals surface area contributed by atoms with E-state index in [2.05, 4.69) is 71.5 Å². The van der Waals surface area contributed by atoms with Crippen LogP contribution in [0.1, 0.15) is 70.2 Å². The summed E-state index contributed by atoms with van der Waals surface area (Å²) in [6, 6.07) is 14.2. The Morgan fingerprint density at radius 3 is 2.30 bits per heavy atom. The molecule has 0 amide bonds. The van der Waals surface area contributed by atoms with Gasteiger partial charge >= 0.3 is 0 Å². The number of carbonyl (C=O) groups excluding carboxylic acids is 1. The van der Waals surface area contributed by atoms with Crippen LogP contribution in [0.4, 0.5) is 0 Å². The summed E-state index contributed by atoms with van der Waals surface area (Å²) >= 11 is 0. The monoisotopic (exact) mass is 715 g/mol. The van der Waals surface area contributed by atoms with Crippen LogP contribution in [-0.4, -0.2) is 25.3 Å². The first-order chi connectivity index (χ1) is 18.8. The third-order valence-electron chi connectivity index (χ3n) is 8.32. The van der Waals surface area contributed by atoms with Crippen molar-refractivity contribution in [2.75, 3.05) is 0 Å². The topological polar surface area (TPSA) is 67.5 Å². The first-order valence-electron chi connectivity index (χ1n) is 14.2. The molecule has 0 aliphatic rings. The van der Waals surface area contributed by atoms with Crippen molar-refractivity contribution in [2.45, 2.75) is 74.1 Å². The van der Waals surface area contributed by atoms with E-state index in [-0.39, 0.29) is 43.5 Å². The predicted octanol–water partition coefficient (Wildman–Crippen LogP) is 8.78. The van der Waals surface area contributed by atoms with Gasteiger partial charge < -0.3 is 9.51 Å². The fourth-order valence-electron chi connectivity index (χ4n) is 5.57. The number of aryl methyl sites for hydroxylation is 2. The van der Waals surface area contributed by atoms with E-state index in [0.29, 0.717) is 0 Å². The predicted molar refractivity (Wildman–Crippen MR) is 162 cm³/mol. The zero-order valence-electron chi connectivity index (χ0n) is 24.6. The minimum Gasteiger partial charge on any atom is -0.512 e. The molecule has 0 saturated carbocycles. The van der Waals surface area contributed by atoms with Crippen molar-refractivity contribution in [3.05, 3.63) is 77.6 Å². The zero-order valence-corrected chi connectivity index (χ0v) is 27.0. The normalized spacial score (nSPS) is 11.9. The van der Waals surface area contributed by atoms with Crippen molar-refractivity contribution in [1.29, 1.82) is 0 Å². The number of allylic oxidation sites excluding steroid dienone is 2. The summed E-state index contributed by atoms with van der Waals surface area (Å²) < 4.78 is 2.30. The van der Waals surface area contributed by atoms with Crippen LogP contribution in [0.15, 0.2) is 54.7 Å². The maximum absolute atomic E-state index is 11.7. The second-order valence-electron chi connectivity index (χ2n) is 10.4. The molecule has 1 N–H and O–H groups in total. The van der Waals surface area contributed by atoms with Gasteiger partial charge in [-0.2, -0.15) is 0 Å². The quantitative estimate of drug-likeness (QED) is 0.0602. The van der Waals surface area contributed by atoms with Crippen LogP contribution in [-0.2, 0) is 24.9 Å². The molecule has 0 unspecified atom stereocenters. The fraction of sp³-hybridized carbons (Fsp3) is 0.382. The summed E-state index contributed by atoms with van der Waals surface area (Å²) in [6.45, 7) is 14.6. The fourth-order valence-corrected chi connectivity index (χ4v) is 5.57. The Labute approximate surface area is 251 Å². The van der Waals surface area contributed by atoms with Gasteiger partial charge in [-0.05, 0) is 57.6 Å². The van der Waals surface area contributed by atoms with E-state index < -0.39 is 0 Å². The smallest absolute Gasteiger partial charge is 0.162 e. The van der Waals surface area contributed by atoms with E-state index >= 15 is 0 Å². The second-order valence-corrected chi connectivity index (χ2v) is 10.4. The van der Waals surface area contributed by atoms with Gasteiger partial charge in [0.2, 0.25) is 0 Å². The van der Waals surface area contributed by atoms with Gasteiger partial charge in [0.15, 0.2) is 5.78 Å². The number of pyridine rings is 1. The summed E-state index contributed by atoms with van der Waals surface area (Å²) in [5.74, 6) is 0.547. The maximum atomic E-state index is 11.7. The Morgan fingerprint density at radius 1 is 1.00 bits per heavy atom. The van der Waals surface area contributed by atoms with Gasteiger partial charge in [-0.25, -0.2) is 4.98 Å². The minimum atomic E-state index is 0. The van der Waals surface area contributed by atoms with Crippen molar-refractivity contribution in [3.63, 3.8) is 0 Å². The maximum Gasteiger partial charge on any atom is 0.162 e. The standard InChI is InChI=1S/C21H16N3.C13H24O2.Ir/c1-12-13(2)21-18-9-16-7-5-4-6-15(16)8-17(18)20-19(10-22-11-23-20)24(21)14(12)3;1-5-10(6-2)12(14)9-13(15)11(7-3)8-4;/h4-7,9-11H,1-3H3;9-11,14H,5-8H2,1-4H3;/q-1;;/b;12-9-;. The van der Waals surface area contributed by atoms with E-state index in [1.54, 1.807) is 6.33 Å². The van der Waals surface area contributed by atoms with Crippen LogP contribution >= 0.6 is 0 Å². The second kappa shape index (κ2) is 13.5. The van der Waals surface area contributed by atoms with Crippen LogP contribution in [0.25, 0.3) is 38.1 Å². The molecule has 5 rings (SSSR count). The molecule has 5 nitrogen and oxygen atoms in total. The van der Waals surface area contributed by atoms with E-state index in [1.807, 2.05) is 33.9 Å². The Morgan fingerprint density at radius 2 is 1.65 bits per heavy atom. The zero-order chi connectivity index (χ0) is 28.3. The number of aromatic nitrogens is 3. The Bertz CT molecular complexity index is 1680. The number of hydrogen-bond acceptors (Lipinski definition) is 4. The number of ketones is 1. The van der Waals surface area contributed by atoms with Crippen LogP contribution in [0, 0.1) is 38.7 Å². The van der Waals surface area contributed by atoms with Gasteiger partial charge in [-0.1, -0.05) is 62.1 Å². The third kappa shape index (κ3) is 5.84. The number of rotatable bonds is 7. The Balaban J connectivity index is 0.000000243. The van der Waals surface area contributed by atoms with Gasteiger partial charge in [0.25, 0.3) is 0 Å². The number of fused-ring (bicyclic) bond motifs is 7. The Hall–Kier alpha value is -3.08. The van der Waals surface area contributed by atoms with E-state index in [9.17, 15) is 9.90 Å². The van der Waals surface area contributed by atoms with Crippen molar-refractivity contribution in [2.24, 2.45) is 11.8 Å². The first-order valence-corrected chi connectivity index (χ1v) is 14.2.